The van der Waals surface area contributed by atoms with Crippen molar-refractivity contribution in [2.24, 2.45) is 23.7 Å². The van der Waals surface area contributed by atoms with Crippen LogP contribution in [-0.2, 0) is 20.9 Å². The molecule has 7 nitrogen and oxygen atoms in total. The third-order valence-corrected chi connectivity index (χ3v) is 6.72. The van der Waals surface area contributed by atoms with Crippen molar-refractivity contribution < 1.29 is 19.5 Å². The SMILES string of the molecule is CC[C@@H](CO)N1C(=O)[C@H]2[C@H](C=C[C@@H](CC)[C@H]2C(=O)NC)[C@H]1C(=O)NCc1ccccc1. The van der Waals surface area contributed by atoms with Crippen LogP contribution in [0.2, 0.25) is 0 Å². The number of likely N-dealkylation sites (tertiary alicyclic amines) is 1. The van der Waals surface area contributed by atoms with Crippen LogP contribution in [-0.4, -0.2) is 53.5 Å². The van der Waals surface area contributed by atoms with Crippen molar-refractivity contribution in [2.75, 3.05) is 13.7 Å². The van der Waals surface area contributed by atoms with Gasteiger partial charge in [0, 0.05) is 19.5 Å². The van der Waals surface area contributed by atoms with Gasteiger partial charge in [-0.3, -0.25) is 14.4 Å². The largest absolute Gasteiger partial charge is 0.394 e. The highest BCUT2D eigenvalue weighted by Gasteiger charge is 2.58. The number of carbonyl (C=O) groups excluding carboxylic acids is 3. The third kappa shape index (κ3) is 4.37. The Bertz CT molecular complexity index is 821. The number of allylic oxidation sites excluding steroid dienone is 1. The van der Waals surface area contributed by atoms with Crippen LogP contribution in [0.15, 0.2) is 42.5 Å². The molecule has 3 N–H and O–H groups in total. The fourth-order valence-electron chi connectivity index (χ4n) is 5.06. The van der Waals surface area contributed by atoms with Gasteiger partial charge in [-0.05, 0) is 24.3 Å². The Hall–Kier alpha value is -2.67. The lowest BCUT2D eigenvalue weighted by Crippen LogP contribution is -2.52. The standard InChI is InChI=1S/C24H33N3O4/c1-4-16-11-12-18-20(19(16)22(29)25-3)24(31)27(17(5-2)14-28)21(18)23(30)26-13-15-9-7-6-8-10-15/h6-12,16-21,28H,4-5,13-14H2,1-3H3,(H,25,29)(H,26,30)/t16-,17+,18+,19-,20+,21+/m1/s1. The fourth-order valence-corrected chi connectivity index (χ4v) is 5.06. The van der Waals surface area contributed by atoms with E-state index < -0.39 is 29.8 Å². The molecule has 7 heteroatoms. The van der Waals surface area contributed by atoms with Crippen LogP contribution < -0.4 is 10.6 Å². The second-order valence-corrected chi connectivity index (χ2v) is 8.34. The Kier molecular flexibility index (Phi) is 7.49. The maximum absolute atomic E-state index is 13.6. The summed E-state index contributed by atoms with van der Waals surface area (Å²) in [5.41, 5.74) is 0.964. The molecule has 1 fully saturated rings. The third-order valence-electron chi connectivity index (χ3n) is 6.72. The van der Waals surface area contributed by atoms with Crippen molar-refractivity contribution in [1.29, 1.82) is 0 Å². The number of nitrogens with zero attached hydrogens (tertiary/aromatic N) is 1. The number of amides is 3. The Morgan fingerprint density at radius 2 is 1.84 bits per heavy atom. The number of hydrogen-bond donors (Lipinski definition) is 3. The minimum absolute atomic E-state index is 0.0627. The average Bonchev–Trinajstić information content (AvgIpc) is 3.10. The summed E-state index contributed by atoms with van der Waals surface area (Å²) in [6.45, 7) is 4.01. The van der Waals surface area contributed by atoms with Crippen molar-refractivity contribution in [1.82, 2.24) is 15.5 Å². The summed E-state index contributed by atoms with van der Waals surface area (Å²) in [5, 5.41) is 15.6. The number of carbonyl (C=O) groups is 3. The number of benzene rings is 1. The summed E-state index contributed by atoms with van der Waals surface area (Å²) in [7, 11) is 1.58. The van der Waals surface area contributed by atoms with E-state index in [9.17, 15) is 19.5 Å². The molecule has 6 atom stereocenters. The molecule has 1 aromatic carbocycles. The smallest absolute Gasteiger partial charge is 0.243 e. The number of hydrogen-bond acceptors (Lipinski definition) is 4. The van der Waals surface area contributed by atoms with E-state index in [1.165, 1.54) is 4.90 Å². The van der Waals surface area contributed by atoms with E-state index in [4.69, 9.17) is 0 Å². The van der Waals surface area contributed by atoms with Crippen LogP contribution in [0.4, 0.5) is 0 Å². The van der Waals surface area contributed by atoms with Gasteiger partial charge in [-0.2, -0.15) is 0 Å². The minimum atomic E-state index is -0.750. The van der Waals surface area contributed by atoms with Crippen LogP contribution in [0.1, 0.15) is 32.3 Å². The first-order valence-electron chi connectivity index (χ1n) is 11.1. The van der Waals surface area contributed by atoms with Crippen molar-refractivity contribution >= 4 is 17.7 Å². The van der Waals surface area contributed by atoms with Crippen LogP contribution in [0.5, 0.6) is 0 Å². The number of aliphatic hydroxyl groups is 1. The van der Waals surface area contributed by atoms with Crippen LogP contribution >= 0.6 is 0 Å². The second kappa shape index (κ2) is 10.1. The molecule has 0 saturated carbocycles. The lowest BCUT2D eigenvalue weighted by Gasteiger charge is -2.34. The summed E-state index contributed by atoms with van der Waals surface area (Å²) in [6.07, 6.45) is 5.17. The second-order valence-electron chi connectivity index (χ2n) is 8.34. The predicted octanol–water partition coefficient (Wildman–Crippen LogP) is 1.48. The zero-order chi connectivity index (χ0) is 22.5. The molecule has 168 valence electrons. The molecule has 3 amide bonds. The van der Waals surface area contributed by atoms with Crippen molar-refractivity contribution in [3.8, 4) is 0 Å². The van der Waals surface area contributed by atoms with E-state index in [2.05, 4.69) is 10.6 Å². The molecule has 1 aromatic rings. The van der Waals surface area contributed by atoms with Gasteiger partial charge in [-0.25, -0.2) is 0 Å². The van der Waals surface area contributed by atoms with Gasteiger partial charge in [0.1, 0.15) is 6.04 Å². The molecule has 0 spiro atoms. The zero-order valence-electron chi connectivity index (χ0n) is 18.5. The van der Waals surface area contributed by atoms with Gasteiger partial charge in [-0.1, -0.05) is 56.3 Å². The average molecular weight is 428 g/mol. The van der Waals surface area contributed by atoms with Crippen LogP contribution in [0.25, 0.3) is 0 Å². The van der Waals surface area contributed by atoms with Gasteiger partial charge >= 0.3 is 0 Å². The van der Waals surface area contributed by atoms with E-state index in [1.54, 1.807) is 7.05 Å². The molecule has 1 saturated heterocycles. The summed E-state index contributed by atoms with van der Waals surface area (Å²) >= 11 is 0. The monoisotopic (exact) mass is 427 g/mol. The van der Waals surface area contributed by atoms with Gasteiger partial charge in [0.15, 0.2) is 0 Å². The molecule has 1 heterocycles. The lowest BCUT2D eigenvalue weighted by molar-refractivity contribution is -0.143. The molecule has 1 aliphatic carbocycles. The molecule has 1 aliphatic heterocycles. The van der Waals surface area contributed by atoms with Crippen molar-refractivity contribution in [2.45, 2.75) is 45.3 Å². The van der Waals surface area contributed by atoms with Gasteiger partial charge < -0.3 is 20.6 Å². The summed E-state index contributed by atoms with van der Waals surface area (Å²) in [4.78, 5) is 41.2. The normalized spacial score (nSPS) is 28.2. The highest BCUT2D eigenvalue weighted by Crippen LogP contribution is 2.45. The number of aliphatic hydroxyl groups excluding tert-OH is 1. The van der Waals surface area contributed by atoms with Gasteiger partial charge in [0.2, 0.25) is 17.7 Å². The molecule has 0 aromatic heterocycles. The summed E-state index contributed by atoms with van der Waals surface area (Å²) < 4.78 is 0. The Labute approximate surface area is 183 Å². The van der Waals surface area contributed by atoms with Crippen molar-refractivity contribution in [3.05, 3.63) is 48.0 Å². The summed E-state index contributed by atoms with van der Waals surface area (Å²) in [6, 6.07) is 8.36. The van der Waals surface area contributed by atoms with Gasteiger partial charge in [-0.15, -0.1) is 0 Å². The van der Waals surface area contributed by atoms with E-state index in [0.29, 0.717) is 13.0 Å². The Balaban J connectivity index is 1.95. The van der Waals surface area contributed by atoms with Crippen LogP contribution in [0.3, 0.4) is 0 Å². The Morgan fingerprint density at radius 3 is 2.42 bits per heavy atom. The fraction of sp³-hybridized carbons (Fsp3) is 0.542. The van der Waals surface area contributed by atoms with E-state index in [-0.39, 0.29) is 30.2 Å². The number of nitrogens with one attached hydrogen (secondary N) is 2. The zero-order valence-corrected chi connectivity index (χ0v) is 18.5. The minimum Gasteiger partial charge on any atom is -0.394 e. The van der Waals surface area contributed by atoms with E-state index in [0.717, 1.165) is 12.0 Å². The topological polar surface area (TPSA) is 98.7 Å². The van der Waals surface area contributed by atoms with E-state index >= 15 is 0 Å². The molecule has 31 heavy (non-hydrogen) atoms. The molecule has 3 rings (SSSR count). The van der Waals surface area contributed by atoms with Gasteiger partial charge in [0.25, 0.3) is 0 Å². The molecule has 2 aliphatic rings. The predicted molar refractivity (Wildman–Crippen MR) is 118 cm³/mol. The molecular weight excluding hydrogens is 394 g/mol. The van der Waals surface area contributed by atoms with E-state index in [1.807, 2.05) is 56.3 Å². The molecular formula is C24H33N3O4. The molecule has 0 bridgehead atoms. The highest BCUT2D eigenvalue weighted by molar-refractivity contribution is 5.97. The highest BCUT2D eigenvalue weighted by atomic mass is 16.3. The van der Waals surface area contributed by atoms with Gasteiger partial charge in [0.05, 0.1) is 24.5 Å². The Morgan fingerprint density at radius 1 is 1.13 bits per heavy atom. The lowest BCUT2D eigenvalue weighted by atomic mass is 9.69. The van der Waals surface area contributed by atoms with Crippen LogP contribution in [0, 0.1) is 23.7 Å². The maximum Gasteiger partial charge on any atom is 0.243 e. The number of rotatable bonds is 8. The number of fused-ring (bicyclic) bond motifs is 1. The first-order valence-corrected chi connectivity index (χ1v) is 11.1. The maximum atomic E-state index is 13.6. The quantitative estimate of drug-likeness (QED) is 0.547. The summed E-state index contributed by atoms with van der Waals surface area (Å²) in [5.74, 6) is -2.26. The molecule has 0 unspecified atom stereocenters. The molecule has 0 radical (unpaired) electrons. The van der Waals surface area contributed by atoms with Crippen molar-refractivity contribution in [3.63, 3.8) is 0 Å². The first-order chi connectivity index (χ1) is 15.0. The first kappa shape index (κ1) is 23.0.